The Morgan fingerprint density at radius 2 is 2.04 bits per heavy atom. The van der Waals surface area contributed by atoms with Gasteiger partial charge in [0.2, 0.25) is 10.0 Å². The van der Waals surface area contributed by atoms with E-state index < -0.39 is 10.0 Å². The number of hydrogen-bond donors (Lipinski definition) is 1. The first-order valence-corrected chi connectivity index (χ1v) is 10.1. The second kappa shape index (κ2) is 8.31. The number of aryl methyl sites for hydroxylation is 1. The van der Waals surface area contributed by atoms with Crippen LogP contribution in [0.1, 0.15) is 23.5 Å². The highest BCUT2D eigenvalue weighted by molar-refractivity contribution is 7.89. The number of thiophene rings is 1. The lowest BCUT2D eigenvalue weighted by Gasteiger charge is -2.15. The van der Waals surface area contributed by atoms with Gasteiger partial charge in [-0.2, -0.15) is 0 Å². The summed E-state index contributed by atoms with van der Waals surface area (Å²) in [5.74, 6) is 0.680. The van der Waals surface area contributed by atoms with Crippen molar-refractivity contribution in [1.82, 2.24) is 4.72 Å². The third kappa shape index (κ3) is 4.70. The number of rotatable bonds is 8. The lowest BCUT2D eigenvalue weighted by atomic mass is 10.2. The molecule has 2 aromatic rings. The third-order valence-corrected chi connectivity index (χ3v) is 6.16. The average Bonchev–Trinajstić information content (AvgIpc) is 2.96. The molecule has 1 heterocycles. The quantitative estimate of drug-likeness (QED) is 0.746. The predicted octanol–water partition coefficient (Wildman–Crippen LogP) is 3.77. The first-order chi connectivity index (χ1) is 11.4. The first-order valence-electron chi connectivity index (χ1n) is 7.38. The summed E-state index contributed by atoms with van der Waals surface area (Å²) in [5.41, 5.74) is 0.771. The number of methoxy groups -OCH3 is 1. The minimum Gasteiger partial charge on any atom is -0.494 e. The summed E-state index contributed by atoms with van der Waals surface area (Å²) >= 11 is 7.28. The number of ether oxygens (including phenoxy) is 2. The van der Waals surface area contributed by atoms with Gasteiger partial charge in [-0.1, -0.05) is 11.6 Å². The maximum absolute atomic E-state index is 12.5. The van der Waals surface area contributed by atoms with Crippen molar-refractivity contribution in [1.29, 1.82) is 0 Å². The molecule has 24 heavy (non-hydrogen) atoms. The van der Waals surface area contributed by atoms with Crippen LogP contribution >= 0.6 is 22.9 Å². The number of nitrogens with one attached hydrogen (secondary N) is 1. The molecule has 1 atom stereocenters. The molecule has 0 aliphatic carbocycles. The number of benzene rings is 1. The van der Waals surface area contributed by atoms with Crippen LogP contribution in [0.15, 0.2) is 35.2 Å². The molecule has 5 nitrogen and oxygen atoms in total. The van der Waals surface area contributed by atoms with Crippen molar-refractivity contribution in [3.05, 3.63) is 45.1 Å². The molecule has 0 saturated carbocycles. The molecular formula is C16H20ClNO4S2. The van der Waals surface area contributed by atoms with Crippen LogP contribution in [0.5, 0.6) is 5.75 Å². The molecule has 0 amide bonds. The first kappa shape index (κ1) is 19.2. The topological polar surface area (TPSA) is 64.6 Å². The second-order valence-corrected chi connectivity index (χ2v) is 8.59. The van der Waals surface area contributed by atoms with Gasteiger partial charge < -0.3 is 9.47 Å². The Labute approximate surface area is 151 Å². The Bertz CT molecular complexity index is 789. The zero-order chi connectivity index (χ0) is 17.7. The summed E-state index contributed by atoms with van der Waals surface area (Å²) in [7, 11) is -2.10. The maximum atomic E-state index is 12.5. The van der Waals surface area contributed by atoms with E-state index in [1.165, 1.54) is 24.5 Å². The van der Waals surface area contributed by atoms with Gasteiger partial charge >= 0.3 is 0 Å². The van der Waals surface area contributed by atoms with Crippen molar-refractivity contribution in [3.63, 3.8) is 0 Å². The minimum absolute atomic E-state index is 0.127. The Morgan fingerprint density at radius 3 is 2.58 bits per heavy atom. The molecular weight excluding hydrogens is 370 g/mol. The van der Waals surface area contributed by atoms with E-state index >= 15 is 0 Å². The van der Waals surface area contributed by atoms with E-state index in [4.69, 9.17) is 21.1 Å². The minimum atomic E-state index is -3.63. The van der Waals surface area contributed by atoms with Crippen molar-refractivity contribution in [2.24, 2.45) is 0 Å². The zero-order valence-corrected chi connectivity index (χ0v) is 16.1. The van der Waals surface area contributed by atoms with E-state index in [-0.39, 0.29) is 17.5 Å². The summed E-state index contributed by atoms with van der Waals surface area (Å²) in [4.78, 5) is 1.07. The summed E-state index contributed by atoms with van der Waals surface area (Å²) in [6, 6.07) is 8.38. The van der Waals surface area contributed by atoms with Gasteiger partial charge in [0.05, 0.1) is 15.8 Å². The van der Waals surface area contributed by atoms with Gasteiger partial charge in [0.1, 0.15) is 11.9 Å². The lowest BCUT2D eigenvalue weighted by Crippen LogP contribution is -2.29. The summed E-state index contributed by atoms with van der Waals surface area (Å²) in [5, 5.41) is 0. The fourth-order valence-electron chi connectivity index (χ4n) is 2.18. The van der Waals surface area contributed by atoms with E-state index in [1.54, 1.807) is 18.2 Å². The van der Waals surface area contributed by atoms with Crippen LogP contribution in [0.3, 0.4) is 0 Å². The molecule has 0 fully saturated rings. The molecule has 2 rings (SSSR count). The molecule has 0 aliphatic rings. The standard InChI is InChI=1S/C16H20ClNO4S2/c1-4-22-13-6-5-12(9-11(13)2)24(19,20)18-10-14(21-3)15-7-8-16(17)23-15/h5-9,14,18H,4,10H2,1-3H3. The van der Waals surface area contributed by atoms with Crippen molar-refractivity contribution in [2.45, 2.75) is 24.8 Å². The third-order valence-electron chi connectivity index (χ3n) is 3.41. The van der Waals surface area contributed by atoms with Crippen LogP contribution in [0.25, 0.3) is 0 Å². The Kier molecular flexibility index (Phi) is 6.65. The molecule has 0 radical (unpaired) electrons. The van der Waals surface area contributed by atoms with Crippen molar-refractivity contribution >= 4 is 33.0 Å². The van der Waals surface area contributed by atoms with Gasteiger partial charge in [0.25, 0.3) is 0 Å². The van der Waals surface area contributed by atoms with E-state index in [0.29, 0.717) is 16.7 Å². The highest BCUT2D eigenvalue weighted by atomic mass is 35.5. The highest BCUT2D eigenvalue weighted by Gasteiger charge is 2.20. The molecule has 0 bridgehead atoms. The van der Waals surface area contributed by atoms with E-state index in [9.17, 15) is 8.42 Å². The van der Waals surface area contributed by atoms with Crippen LogP contribution in [-0.4, -0.2) is 28.7 Å². The van der Waals surface area contributed by atoms with Crippen molar-refractivity contribution in [3.8, 4) is 5.75 Å². The van der Waals surface area contributed by atoms with Crippen LogP contribution < -0.4 is 9.46 Å². The molecule has 1 N–H and O–H groups in total. The van der Waals surface area contributed by atoms with Crippen LogP contribution in [0.2, 0.25) is 4.34 Å². The number of sulfonamides is 1. The molecule has 1 unspecified atom stereocenters. The van der Waals surface area contributed by atoms with E-state index in [2.05, 4.69) is 4.72 Å². The summed E-state index contributed by atoms with van der Waals surface area (Å²) in [6.07, 6.45) is -0.388. The van der Waals surface area contributed by atoms with Gasteiger partial charge in [0.15, 0.2) is 0 Å². The molecule has 0 aliphatic heterocycles. The smallest absolute Gasteiger partial charge is 0.240 e. The van der Waals surface area contributed by atoms with Crippen LogP contribution in [-0.2, 0) is 14.8 Å². The Morgan fingerprint density at radius 1 is 1.29 bits per heavy atom. The highest BCUT2D eigenvalue weighted by Crippen LogP contribution is 2.29. The SMILES string of the molecule is CCOc1ccc(S(=O)(=O)NCC(OC)c2ccc(Cl)s2)cc1C. The summed E-state index contributed by atoms with van der Waals surface area (Å²) < 4.78 is 39.0. The fraction of sp³-hybridized carbons (Fsp3) is 0.375. The van der Waals surface area contributed by atoms with Gasteiger partial charge in [-0.05, 0) is 49.7 Å². The Balaban J connectivity index is 2.11. The van der Waals surface area contributed by atoms with E-state index in [0.717, 1.165) is 10.4 Å². The average molecular weight is 390 g/mol. The van der Waals surface area contributed by atoms with Gasteiger partial charge in [-0.25, -0.2) is 13.1 Å². The molecule has 0 spiro atoms. The molecule has 1 aromatic heterocycles. The number of hydrogen-bond acceptors (Lipinski definition) is 5. The monoisotopic (exact) mass is 389 g/mol. The Hall–Kier alpha value is -1.12. The molecule has 0 saturated heterocycles. The van der Waals surface area contributed by atoms with Crippen LogP contribution in [0.4, 0.5) is 0 Å². The van der Waals surface area contributed by atoms with Crippen LogP contribution in [0, 0.1) is 6.92 Å². The fourth-order valence-corrected chi connectivity index (χ4v) is 4.43. The molecule has 132 valence electrons. The van der Waals surface area contributed by atoms with Gasteiger partial charge in [-0.15, -0.1) is 11.3 Å². The van der Waals surface area contributed by atoms with Gasteiger partial charge in [-0.3, -0.25) is 0 Å². The number of halogens is 1. The summed E-state index contributed by atoms with van der Waals surface area (Å²) in [6.45, 7) is 4.36. The lowest BCUT2D eigenvalue weighted by molar-refractivity contribution is 0.110. The zero-order valence-electron chi connectivity index (χ0n) is 13.7. The second-order valence-electron chi connectivity index (χ2n) is 5.08. The largest absolute Gasteiger partial charge is 0.494 e. The van der Waals surface area contributed by atoms with Gasteiger partial charge in [0, 0.05) is 18.5 Å². The van der Waals surface area contributed by atoms with Crippen molar-refractivity contribution < 1.29 is 17.9 Å². The predicted molar refractivity (Wildman–Crippen MR) is 96.6 cm³/mol. The maximum Gasteiger partial charge on any atom is 0.240 e. The normalized spacial score (nSPS) is 13.0. The van der Waals surface area contributed by atoms with Crippen molar-refractivity contribution in [2.75, 3.05) is 20.3 Å². The molecule has 8 heteroatoms. The van der Waals surface area contributed by atoms with E-state index in [1.807, 2.05) is 19.9 Å². The molecule has 1 aromatic carbocycles.